The van der Waals surface area contributed by atoms with E-state index >= 15 is 0 Å². The van der Waals surface area contributed by atoms with Gasteiger partial charge in [0.25, 0.3) is 16.0 Å². The van der Waals surface area contributed by atoms with Crippen LogP contribution in [0.15, 0.2) is 77.7 Å². The Morgan fingerprint density at radius 1 is 0.860 bits per heavy atom. The van der Waals surface area contributed by atoms with Gasteiger partial charge in [0.15, 0.2) is 5.69 Å². The van der Waals surface area contributed by atoms with Gasteiger partial charge >= 0.3 is 0 Å². The second-order valence-electron chi connectivity index (χ2n) is 12.6. The normalized spacial score (nSPS) is 18.7. The lowest BCUT2D eigenvalue weighted by atomic mass is 9.49. The van der Waals surface area contributed by atoms with Gasteiger partial charge < -0.3 is 10.1 Å². The molecule has 8 heteroatoms. The van der Waals surface area contributed by atoms with Gasteiger partial charge in [-0.15, -0.1) is 0 Å². The second-order valence-corrected chi connectivity index (χ2v) is 14.2. The molecule has 1 amide bonds. The van der Waals surface area contributed by atoms with Crippen LogP contribution in [0.25, 0.3) is 4.85 Å². The Morgan fingerprint density at radius 3 is 2.07 bits per heavy atom. The van der Waals surface area contributed by atoms with E-state index in [9.17, 15) is 13.2 Å². The number of ether oxygens (including phenoxy) is 1. The SMILES string of the molecule is [C-]#[N+]c1ccc(OC2C(C)(C)C(NC(=O)c3ccc(CCCCCCOS(=O)(=O)c4ccc(C)cc4)cc3)C2(C)C)cc1. The van der Waals surface area contributed by atoms with Gasteiger partial charge in [0.1, 0.15) is 11.9 Å². The predicted molar refractivity (Wildman–Crippen MR) is 169 cm³/mol. The molecule has 4 rings (SSSR count). The lowest BCUT2D eigenvalue weighted by Gasteiger charge is -2.63. The van der Waals surface area contributed by atoms with Gasteiger partial charge in [0, 0.05) is 22.4 Å². The summed E-state index contributed by atoms with van der Waals surface area (Å²) in [4.78, 5) is 16.8. The Balaban J connectivity index is 1.19. The van der Waals surface area contributed by atoms with Crippen molar-refractivity contribution in [2.45, 2.75) is 83.8 Å². The molecule has 0 aliphatic heterocycles. The zero-order chi connectivity index (χ0) is 31.3. The maximum atomic E-state index is 13.2. The molecule has 0 spiro atoms. The molecule has 1 N–H and O–H groups in total. The minimum atomic E-state index is -3.71. The highest BCUT2D eigenvalue weighted by Crippen LogP contribution is 2.55. The number of carbonyl (C=O) groups is 1. The van der Waals surface area contributed by atoms with E-state index in [1.54, 1.807) is 36.4 Å². The van der Waals surface area contributed by atoms with Crippen LogP contribution >= 0.6 is 0 Å². The maximum Gasteiger partial charge on any atom is 0.296 e. The van der Waals surface area contributed by atoms with Gasteiger partial charge in [-0.05, 0) is 68.1 Å². The molecule has 0 saturated heterocycles. The van der Waals surface area contributed by atoms with Gasteiger partial charge in [0.05, 0.1) is 18.1 Å². The largest absolute Gasteiger partial charge is 0.489 e. The van der Waals surface area contributed by atoms with Crippen molar-refractivity contribution in [1.82, 2.24) is 5.32 Å². The fourth-order valence-electron chi connectivity index (χ4n) is 6.30. The number of aryl methyl sites for hydroxylation is 2. The van der Waals surface area contributed by atoms with Crippen LogP contribution < -0.4 is 10.1 Å². The van der Waals surface area contributed by atoms with Crippen molar-refractivity contribution < 1.29 is 22.1 Å². The average molecular weight is 603 g/mol. The zero-order valence-electron chi connectivity index (χ0n) is 25.7. The van der Waals surface area contributed by atoms with Crippen molar-refractivity contribution in [3.05, 3.63) is 101 Å². The summed E-state index contributed by atoms with van der Waals surface area (Å²) < 4.78 is 36.1. The number of hydrogen-bond donors (Lipinski definition) is 1. The van der Waals surface area contributed by atoms with E-state index in [1.165, 1.54) is 0 Å². The molecule has 3 aromatic rings. The first-order chi connectivity index (χ1) is 20.3. The van der Waals surface area contributed by atoms with Gasteiger partial charge in [-0.3, -0.25) is 8.98 Å². The third kappa shape index (κ3) is 7.65. The lowest BCUT2D eigenvalue weighted by molar-refractivity contribution is -0.164. The third-order valence-corrected chi connectivity index (χ3v) is 9.79. The van der Waals surface area contributed by atoms with Crippen LogP contribution in [0.4, 0.5) is 5.69 Å². The van der Waals surface area contributed by atoms with E-state index in [0.717, 1.165) is 42.6 Å². The summed E-state index contributed by atoms with van der Waals surface area (Å²) in [7, 11) is -3.71. The molecule has 0 unspecified atom stereocenters. The number of rotatable bonds is 13. The first kappa shape index (κ1) is 32.2. The Morgan fingerprint density at radius 2 is 1.47 bits per heavy atom. The van der Waals surface area contributed by atoms with Crippen molar-refractivity contribution in [2.75, 3.05) is 6.61 Å². The monoisotopic (exact) mass is 602 g/mol. The third-order valence-electron chi connectivity index (χ3n) is 8.46. The fourth-order valence-corrected chi connectivity index (χ4v) is 7.24. The standard InChI is InChI=1S/C35H42N2O5S/c1-25-12-22-30(23-13-25)43(39,40)41-24-10-8-7-9-11-26-14-16-27(17-15-26)31(38)37-32-34(2,3)33(35(32,4)5)42-29-20-18-28(36-6)19-21-29/h12-23,32-33H,7-11,24H2,1-5H3,(H,37,38). The first-order valence-electron chi connectivity index (χ1n) is 14.8. The molecule has 0 bridgehead atoms. The van der Waals surface area contributed by atoms with Crippen LogP contribution in [0.3, 0.4) is 0 Å². The number of carbonyl (C=O) groups excluding carboxylic acids is 1. The summed E-state index contributed by atoms with van der Waals surface area (Å²) in [6, 6.07) is 21.5. The number of nitrogens with one attached hydrogen (secondary N) is 1. The van der Waals surface area contributed by atoms with E-state index < -0.39 is 10.1 Å². The van der Waals surface area contributed by atoms with Crippen LogP contribution in [0, 0.1) is 24.3 Å². The average Bonchev–Trinajstić information content (AvgIpc) is 2.98. The van der Waals surface area contributed by atoms with Crippen LogP contribution in [-0.4, -0.2) is 33.1 Å². The van der Waals surface area contributed by atoms with Gasteiger partial charge in [-0.2, -0.15) is 8.42 Å². The van der Waals surface area contributed by atoms with Crippen LogP contribution in [-0.2, 0) is 20.7 Å². The number of unbranched alkanes of at least 4 members (excludes halogenated alkanes) is 3. The molecule has 1 fully saturated rings. The molecule has 1 aliphatic rings. The van der Waals surface area contributed by atoms with Gasteiger partial charge in [-0.25, -0.2) is 4.85 Å². The number of benzene rings is 3. The van der Waals surface area contributed by atoms with Crippen LogP contribution in [0.5, 0.6) is 5.75 Å². The summed E-state index contributed by atoms with van der Waals surface area (Å²) in [5, 5.41) is 3.25. The van der Waals surface area contributed by atoms with Crippen LogP contribution in [0.2, 0.25) is 0 Å². The molecule has 0 heterocycles. The second kappa shape index (κ2) is 13.3. The molecule has 0 atom stereocenters. The quantitative estimate of drug-likeness (QED) is 0.123. The Hall–Kier alpha value is -3.67. The minimum Gasteiger partial charge on any atom is -0.489 e. The summed E-state index contributed by atoms with van der Waals surface area (Å²) in [6.07, 6.45) is 4.29. The van der Waals surface area contributed by atoms with Crippen molar-refractivity contribution in [2.24, 2.45) is 10.8 Å². The molecule has 0 radical (unpaired) electrons. The lowest BCUT2D eigenvalue weighted by Crippen LogP contribution is -2.74. The van der Waals surface area contributed by atoms with Crippen molar-refractivity contribution in [3.63, 3.8) is 0 Å². The van der Waals surface area contributed by atoms with E-state index in [0.29, 0.717) is 17.7 Å². The highest BCUT2D eigenvalue weighted by molar-refractivity contribution is 7.86. The molecule has 1 saturated carbocycles. The molecule has 1 aliphatic carbocycles. The smallest absolute Gasteiger partial charge is 0.296 e. The molecule has 3 aromatic carbocycles. The molecular formula is C35H42N2O5S. The van der Waals surface area contributed by atoms with E-state index in [2.05, 4.69) is 37.9 Å². The van der Waals surface area contributed by atoms with Crippen molar-refractivity contribution >= 4 is 21.7 Å². The number of hydrogen-bond acceptors (Lipinski definition) is 5. The van der Waals surface area contributed by atoms with Gasteiger partial charge in [0.2, 0.25) is 0 Å². The van der Waals surface area contributed by atoms with Gasteiger partial charge in [-0.1, -0.05) is 82.5 Å². The topological polar surface area (TPSA) is 86.1 Å². The Bertz CT molecular complexity index is 1520. The molecule has 7 nitrogen and oxygen atoms in total. The number of nitrogens with zero attached hydrogens (tertiary/aromatic N) is 1. The van der Waals surface area contributed by atoms with Crippen molar-refractivity contribution in [3.8, 4) is 5.75 Å². The Labute approximate surface area is 256 Å². The molecule has 0 aromatic heterocycles. The van der Waals surface area contributed by atoms with Crippen molar-refractivity contribution in [1.29, 1.82) is 0 Å². The summed E-state index contributed by atoms with van der Waals surface area (Å²) in [5.74, 6) is 0.622. The molecular weight excluding hydrogens is 560 g/mol. The minimum absolute atomic E-state index is 0.0736. The van der Waals surface area contributed by atoms with E-state index in [1.807, 2.05) is 43.3 Å². The van der Waals surface area contributed by atoms with Crippen LogP contribution in [0.1, 0.15) is 74.9 Å². The summed E-state index contributed by atoms with van der Waals surface area (Å²) in [5.41, 5.74) is 2.80. The summed E-state index contributed by atoms with van der Waals surface area (Å²) >= 11 is 0. The Kier molecular flexibility index (Phi) is 9.99. The molecule has 228 valence electrons. The highest BCUT2D eigenvalue weighted by atomic mass is 32.2. The van der Waals surface area contributed by atoms with E-state index in [-0.39, 0.29) is 40.4 Å². The highest BCUT2D eigenvalue weighted by Gasteiger charge is 2.64. The maximum absolute atomic E-state index is 13.2. The number of amides is 1. The first-order valence-corrected chi connectivity index (χ1v) is 16.3. The van der Waals surface area contributed by atoms with E-state index in [4.69, 9.17) is 15.5 Å². The molecule has 43 heavy (non-hydrogen) atoms. The predicted octanol–water partition coefficient (Wildman–Crippen LogP) is 7.67. The fraction of sp³-hybridized carbons (Fsp3) is 0.429. The summed E-state index contributed by atoms with van der Waals surface area (Å²) in [6.45, 7) is 17.7. The zero-order valence-corrected chi connectivity index (χ0v) is 26.5.